The van der Waals surface area contributed by atoms with E-state index in [2.05, 4.69) is 19.7 Å². The minimum absolute atomic E-state index is 0.0341. The summed E-state index contributed by atoms with van der Waals surface area (Å²) in [5, 5.41) is 0. The van der Waals surface area contributed by atoms with Gasteiger partial charge in [0.15, 0.2) is 6.61 Å². The smallest absolute Gasteiger partial charge is 0.422 e. The predicted molar refractivity (Wildman–Crippen MR) is 85.2 cm³/mol. The highest BCUT2D eigenvalue weighted by Gasteiger charge is 2.28. The lowest BCUT2D eigenvalue weighted by molar-refractivity contribution is -0.153. The van der Waals surface area contributed by atoms with Gasteiger partial charge in [0.05, 0.1) is 17.1 Å². The highest BCUT2D eigenvalue weighted by molar-refractivity contribution is 5.52. The van der Waals surface area contributed by atoms with Crippen LogP contribution in [-0.4, -0.2) is 32.3 Å². The minimum Gasteiger partial charge on any atom is -0.484 e. The van der Waals surface area contributed by atoms with Crippen LogP contribution in [0, 0.1) is 0 Å². The van der Waals surface area contributed by atoms with Crippen LogP contribution in [0.3, 0.4) is 0 Å². The molecule has 0 aliphatic rings. The Hall–Kier alpha value is -3.43. The average Bonchev–Trinajstić information content (AvgIpc) is 2.60. The molecule has 0 aliphatic heterocycles. The van der Waals surface area contributed by atoms with E-state index >= 15 is 0 Å². The van der Waals surface area contributed by atoms with Gasteiger partial charge >= 0.3 is 11.9 Å². The van der Waals surface area contributed by atoms with Crippen LogP contribution < -0.4 is 16.0 Å². The van der Waals surface area contributed by atoms with Gasteiger partial charge in [-0.1, -0.05) is 0 Å². The van der Waals surface area contributed by atoms with Crippen LogP contribution in [-0.2, 0) is 0 Å². The van der Waals surface area contributed by atoms with Crippen LogP contribution in [0.5, 0.6) is 5.75 Å². The molecule has 0 saturated carbocycles. The number of rotatable bonds is 4. The molecule has 0 bridgehead atoms. The Morgan fingerprint density at radius 3 is 2.42 bits per heavy atom. The Kier molecular flexibility index (Phi) is 4.57. The number of hydrogen-bond acceptors (Lipinski definition) is 5. The molecule has 2 heterocycles. The maximum Gasteiger partial charge on any atom is 0.422 e. The molecular formula is C16H11F3N4O3. The first-order valence-electron chi connectivity index (χ1n) is 7.26. The summed E-state index contributed by atoms with van der Waals surface area (Å²) in [6.07, 6.45) is -1.71. The van der Waals surface area contributed by atoms with Gasteiger partial charge in [0.1, 0.15) is 12.1 Å². The number of hydrogen-bond donors (Lipinski definition) is 1. The van der Waals surface area contributed by atoms with Crippen molar-refractivity contribution in [3.05, 3.63) is 69.8 Å². The fourth-order valence-electron chi connectivity index (χ4n) is 2.18. The summed E-state index contributed by atoms with van der Waals surface area (Å²) in [5.41, 5.74) is -0.549. The predicted octanol–water partition coefficient (Wildman–Crippen LogP) is 1.92. The number of ether oxygens (including phenoxy) is 1. The summed E-state index contributed by atoms with van der Waals surface area (Å²) >= 11 is 0. The Bertz CT molecular complexity index is 981. The third-order valence-electron chi connectivity index (χ3n) is 3.29. The van der Waals surface area contributed by atoms with Crippen molar-refractivity contribution in [1.29, 1.82) is 0 Å². The SMILES string of the molecule is O=c1cc(-c2ccncn2)[nH]c(=O)n1-c1ccc(OCC(F)(F)F)cc1. The molecule has 1 N–H and O–H groups in total. The van der Waals surface area contributed by atoms with Crippen molar-refractivity contribution in [1.82, 2.24) is 19.5 Å². The molecule has 3 rings (SSSR count). The molecule has 134 valence electrons. The first-order chi connectivity index (χ1) is 12.3. The molecule has 10 heteroatoms. The largest absolute Gasteiger partial charge is 0.484 e. The molecule has 0 aliphatic carbocycles. The summed E-state index contributed by atoms with van der Waals surface area (Å²) in [6.45, 7) is -1.43. The van der Waals surface area contributed by atoms with Gasteiger partial charge in [0.25, 0.3) is 5.56 Å². The average molecular weight is 364 g/mol. The first kappa shape index (κ1) is 17.4. The number of benzene rings is 1. The third-order valence-corrected chi connectivity index (χ3v) is 3.29. The van der Waals surface area contributed by atoms with Gasteiger partial charge in [-0.25, -0.2) is 19.3 Å². The summed E-state index contributed by atoms with van der Waals surface area (Å²) in [4.78, 5) is 34.8. The highest BCUT2D eigenvalue weighted by Crippen LogP contribution is 2.19. The van der Waals surface area contributed by atoms with Crippen molar-refractivity contribution in [2.45, 2.75) is 6.18 Å². The molecule has 1 aromatic carbocycles. The van der Waals surface area contributed by atoms with Crippen molar-refractivity contribution in [2.24, 2.45) is 0 Å². The van der Waals surface area contributed by atoms with Gasteiger partial charge in [0.2, 0.25) is 0 Å². The monoisotopic (exact) mass is 364 g/mol. The lowest BCUT2D eigenvalue weighted by Gasteiger charge is -2.10. The molecule has 26 heavy (non-hydrogen) atoms. The Balaban J connectivity index is 1.90. The lowest BCUT2D eigenvalue weighted by Crippen LogP contribution is -2.33. The van der Waals surface area contributed by atoms with E-state index in [1.54, 1.807) is 0 Å². The van der Waals surface area contributed by atoms with Crippen LogP contribution in [0.2, 0.25) is 0 Å². The van der Waals surface area contributed by atoms with E-state index in [0.29, 0.717) is 5.69 Å². The van der Waals surface area contributed by atoms with E-state index < -0.39 is 24.0 Å². The van der Waals surface area contributed by atoms with Crippen LogP contribution in [0.25, 0.3) is 17.1 Å². The van der Waals surface area contributed by atoms with E-state index in [-0.39, 0.29) is 17.1 Å². The topological polar surface area (TPSA) is 89.9 Å². The minimum atomic E-state index is -4.45. The number of H-pyrrole nitrogens is 1. The summed E-state index contributed by atoms with van der Waals surface area (Å²) in [7, 11) is 0. The zero-order chi connectivity index (χ0) is 18.7. The second kappa shape index (κ2) is 6.82. The van der Waals surface area contributed by atoms with Crippen molar-refractivity contribution in [2.75, 3.05) is 6.61 Å². The molecule has 3 aromatic rings. The van der Waals surface area contributed by atoms with Crippen LogP contribution in [0.4, 0.5) is 13.2 Å². The van der Waals surface area contributed by atoms with Gasteiger partial charge < -0.3 is 9.72 Å². The summed E-state index contributed by atoms with van der Waals surface area (Å²) < 4.78 is 41.9. The van der Waals surface area contributed by atoms with Gasteiger partial charge in [0, 0.05) is 12.3 Å². The van der Waals surface area contributed by atoms with Crippen molar-refractivity contribution in [3.8, 4) is 22.8 Å². The van der Waals surface area contributed by atoms with Gasteiger partial charge in [-0.3, -0.25) is 4.79 Å². The molecule has 0 spiro atoms. The highest BCUT2D eigenvalue weighted by atomic mass is 19.4. The second-order valence-electron chi connectivity index (χ2n) is 5.15. The van der Waals surface area contributed by atoms with E-state index in [0.717, 1.165) is 4.57 Å². The zero-order valence-electron chi connectivity index (χ0n) is 13.0. The first-order valence-corrected chi connectivity index (χ1v) is 7.26. The van der Waals surface area contributed by atoms with Crippen LogP contribution in [0.15, 0.2) is 58.5 Å². The van der Waals surface area contributed by atoms with Crippen molar-refractivity contribution in [3.63, 3.8) is 0 Å². The zero-order valence-corrected chi connectivity index (χ0v) is 13.0. The quantitative estimate of drug-likeness (QED) is 0.764. The van der Waals surface area contributed by atoms with E-state index in [1.165, 1.54) is 48.9 Å². The number of alkyl halides is 3. The van der Waals surface area contributed by atoms with Gasteiger partial charge in [-0.2, -0.15) is 13.2 Å². The fraction of sp³-hybridized carbons (Fsp3) is 0.125. The number of aromatic nitrogens is 4. The van der Waals surface area contributed by atoms with E-state index in [9.17, 15) is 22.8 Å². The molecule has 0 atom stereocenters. The number of nitrogens with zero attached hydrogens (tertiary/aromatic N) is 3. The van der Waals surface area contributed by atoms with Gasteiger partial charge in [-0.05, 0) is 30.3 Å². The van der Waals surface area contributed by atoms with E-state index in [1.807, 2.05) is 0 Å². The number of aromatic amines is 1. The molecule has 7 nitrogen and oxygen atoms in total. The normalized spacial score (nSPS) is 11.3. The molecular weight excluding hydrogens is 353 g/mol. The number of nitrogens with one attached hydrogen (secondary N) is 1. The third kappa shape index (κ3) is 3.97. The molecule has 0 unspecified atom stereocenters. The molecule has 0 radical (unpaired) electrons. The Morgan fingerprint density at radius 2 is 1.85 bits per heavy atom. The Morgan fingerprint density at radius 1 is 1.12 bits per heavy atom. The standard InChI is InChI=1S/C16H11F3N4O3/c17-16(18,19)8-26-11-3-1-10(2-4-11)23-14(24)7-13(22-15(23)25)12-5-6-20-9-21-12/h1-7,9H,8H2,(H,22,25). The molecule has 0 saturated heterocycles. The lowest BCUT2D eigenvalue weighted by atomic mass is 10.2. The maximum absolute atomic E-state index is 12.3. The summed E-state index contributed by atoms with van der Waals surface area (Å²) in [6, 6.07) is 7.83. The van der Waals surface area contributed by atoms with Crippen LogP contribution >= 0.6 is 0 Å². The number of halogens is 3. The maximum atomic E-state index is 12.3. The molecule has 2 aromatic heterocycles. The second-order valence-corrected chi connectivity index (χ2v) is 5.15. The van der Waals surface area contributed by atoms with E-state index in [4.69, 9.17) is 0 Å². The van der Waals surface area contributed by atoms with Crippen molar-refractivity contribution < 1.29 is 17.9 Å². The van der Waals surface area contributed by atoms with Crippen molar-refractivity contribution >= 4 is 0 Å². The fourth-order valence-corrected chi connectivity index (χ4v) is 2.18. The van der Waals surface area contributed by atoms with Gasteiger partial charge in [-0.15, -0.1) is 0 Å². The molecule has 0 amide bonds. The van der Waals surface area contributed by atoms with Crippen LogP contribution in [0.1, 0.15) is 0 Å². The molecule has 0 fully saturated rings. The Labute approximate surface area is 143 Å². The summed E-state index contributed by atoms with van der Waals surface area (Å²) in [5.74, 6) is -0.0341.